The zero-order valence-electron chi connectivity index (χ0n) is 15.5. The molecule has 140 valence electrons. The van der Waals surface area contributed by atoms with E-state index in [0.717, 1.165) is 15.8 Å². The van der Waals surface area contributed by atoms with Crippen molar-refractivity contribution >= 4 is 20.2 Å². The maximum absolute atomic E-state index is 9.67. The molecular formula is C20H20N2O4Se. The van der Waals surface area contributed by atoms with Gasteiger partial charge >= 0.3 is 164 Å². The van der Waals surface area contributed by atoms with Gasteiger partial charge in [-0.2, -0.15) is 0 Å². The molecule has 0 bridgehead atoms. The number of rotatable bonds is 6. The van der Waals surface area contributed by atoms with Gasteiger partial charge in [0.2, 0.25) is 0 Å². The van der Waals surface area contributed by atoms with Gasteiger partial charge in [-0.05, 0) is 0 Å². The molecule has 3 rings (SSSR count). The predicted octanol–water partition coefficient (Wildman–Crippen LogP) is 3.37. The van der Waals surface area contributed by atoms with Crippen LogP contribution < -0.4 is 14.2 Å². The number of hydrogen-bond donors (Lipinski definition) is 1. The van der Waals surface area contributed by atoms with Crippen LogP contribution in [0.5, 0.6) is 17.2 Å². The van der Waals surface area contributed by atoms with Crippen molar-refractivity contribution in [3.63, 3.8) is 0 Å². The normalized spacial score (nSPS) is 11.3. The topological polar surface area (TPSA) is 73.2 Å². The van der Waals surface area contributed by atoms with Gasteiger partial charge in [0.15, 0.2) is 0 Å². The van der Waals surface area contributed by atoms with Crippen LogP contribution in [0.1, 0.15) is 15.7 Å². The summed E-state index contributed by atoms with van der Waals surface area (Å²) in [6.07, 6.45) is 0. The summed E-state index contributed by atoms with van der Waals surface area (Å²) in [6.45, 7) is 2.05. The molecule has 27 heavy (non-hydrogen) atoms. The Morgan fingerprint density at radius 1 is 1.00 bits per heavy atom. The third kappa shape index (κ3) is 3.84. The van der Waals surface area contributed by atoms with Crippen molar-refractivity contribution in [3.05, 3.63) is 57.0 Å². The van der Waals surface area contributed by atoms with Crippen LogP contribution in [-0.2, 0) is 0 Å². The number of benzene rings is 2. The fourth-order valence-electron chi connectivity index (χ4n) is 2.68. The second kappa shape index (κ2) is 8.29. The van der Waals surface area contributed by atoms with E-state index >= 15 is 0 Å². The summed E-state index contributed by atoms with van der Waals surface area (Å²) in [7, 11) is 4.64. The molecule has 0 saturated carbocycles. The summed E-state index contributed by atoms with van der Waals surface area (Å²) >= 11 is -0.0534. The van der Waals surface area contributed by atoms with E-state index in [1.165, 1.54) is 5.56 Å². The molecule has 6 nitrogen and oxygen atoms in total. The molecule has 3 aromatic rings. The molecule has 0 spiro atoms. The molecule has 7 heteroatoms. The van der Waals surface area contributed by atoms with E-state index in [9.17, 15) is 5.21 Å². The van der Waals surface area contributed by atoms with E-state index in [-0.39, 0.29) is 14.5 Å². The minimum atomic E-state index is -0.0534. The molecule has 0 unspecified atom stereocenters. The monoisotopic (exact) mass is 432 g/mol. The first-order valence-electron chi connectivity index (χ1n) is 8.16. The molecule has 1 N–H and O–H groups in total. The first kappa shape index (κ1) is 19.0. The molecule has 0 aliphatic heterocycles. The van der Waals surface area contributed by atoms with Crippen molar-refractivity contribution in [2.24, 2.45) is 5.16 Å². The summed E-state index contributed by atoms with van der Waals surface area (Å²) in [4.78, 5) is 6.77. The Morgan fingerprint density at radius 2 is 1.63 bits per heavy atom. The molecule has 0 radical (unpaired) electrons. The SMILES string of the molecule is COc1cc(C(=NO)c2nc(-c3ccc(C)cc3)c[se]2)cc(OC)c1OC. The number of nitrogens with zero attached hydrogens (tertiary/aromatic N) is 2. The third-order valence-electron chi connectivity index (χ3n) is 4.09. The summed E-state index contributed by atoms with van der Waals surface area (Å²) in [5, 5.41) is 13.2. The summed E-state index contributed by atoms with van der Waals surface area (Å²) < 4.78 is 16.9. The number of aromatic nitrogens is 1. The minimum absolute atomic E-state index is 0.0534. The number of ether oxygens (including phenoxy) is 3. The van der Waals surface area contributed by atoms with E-state index < -0.39 is 0 Å². The van der Waals surface area contributed by atoms with Gasteiger partial charge in [0.25, 0.3) is 0 Å². The van der Waals surface area contributed by atoms with Gasteiger partial charge in [-0.3, -0.25) is 0 Å². The second-order valence-electron chi connectivity index (χ2n) is 5.77. The van der Waals surface area contributed by atoms with Crippen LogP contribution in [0.25, 0.3) is 11.3 Å². The second-order valence-corrected chi connectivity index (χ2v) is 7.57. The molecule has 0 aliphatic carbocycles. The van der Waals surface area contributed by atoms with Crippen LogP contribution in [-0.4, -0.2) is 51.7 Å². The summed E-state index contributed by atoms with van der Waals surface area (Å²) in [5.41, 5.74) is 4.17. The first-order chi connectivity index (χ1) is 13.1. The molecule has 0 aliphatic rings. The predicted molar refractivity (Wildman–Crippen MR) is 105 cm³/mol. The van der Waals surface area contributed by atoms with Crippen molar-refractivity contribution in [1.82, 2.24) is 4.98 Å². The van der Waals surface area contributed by atoms with E-state index in [1.807, 2.05) is 19.1 Å². The third-order valence-corrected chi connectivity index (χ3v) is 5.87. The van der Waals surface area contributed by atoms with Crippen LogP contribution in [0, 0.1) is 6.92 Å². The van der Waals surface area contributed by atoms with Gasteiger partial charge in [0.1, 0.15) is 0 Å². The van der Waals surface area contributed by atoms with Gasteiger partial charge < -0.3 is 0 Å². The van der Waals surface area contributed by atoms with Crippen molar-refractivity contribution in [2.75, 3.05) is 21.3 Å². The Bertz CT molecular complexity index is 939. The van der Waals surface area contributed by atoms with Crippen molar-refractivity contribution < 1.29 is 19.4 Å². The Hall–Kier alpha value is -2.76. The number of oxime groups is 1. The van der Waals surface area contributed by atoms with Gasteiger partial charge in [0, 0.05) is 0 Å². The fraction of sp³-hybridized carbons (Fsp3) is 0.200. The average Bonchev–Trinajstić information content (AvgIpc) is 3.18. The Morgan fingerprint density at radius 3 is 2.15 bits per heavy atom. The van der Waals surface area contributed by atoms with Gasteiger partial charge in [-0.1, -0.05) is 0 Å². The van der Waals surface area contributed by atoms with Crippen LogP contribution in [0.3, 0.4) is 0 Å². The Labute approximate surface area is 163 Å². The quantitative estimate of drug-likeness (QED) is 0.281. The van der Waals surface area contributed by atoms with E-state index in [0.29, 0.717) is 28.5 Å². The van der Waals surface area contributed by atoms with Gasteiger partial charge in [-0.15, -0.1) is 0 Å². The molecule has 1 heterocycles. The zero-order chi connectivity index (χ0) is 19.4. The van der Waals surface area contributed by atoms with Crippen molar-refractivity contribution in [1.29, 1.82) is 0 Å². The average molecular weight is 431 g/mol. The fourth-order valence-corrected chi connectivity index (χ4v) is 4.43. The van der Waals surface area contributed by atoms with Crippen LogP contribution in [0.15, 0.2) is 46.5 Å². The van der Waals surface area contributed by atoms with Crippen molar-refractivity contribution in [2.45, 2.75) is 6.92 Å². The Kier molecular flexibility index (Phi) is 5.84. The molecule has 0 fully saturated rings. The molecule has 2 aromatic carbocycles. The maximum atomic E-state index is 9.67. The van der Waals surface area contributed by atoms with Crippen LogP contribution in [0.4, 0.5) is 0 Å². The van der Waals surface area contributed by atoms with Gasteiger partial charge in [0.05, 0.1) is 0 Å². The summed E-state index contributed by atoms with van der Waals surface area (Å²) in [6, 6.07) is 11.7. The van der Waals surface area contributed by atoms with E-state index in [4.69, 9.17) is 19.2 Å². The zero-order valence-corrected chi connectivity index (χ0v) is 17.2. The number of aryl methyl sites for hydroxylation is 1. The molecule has 0 amide bonds. The molecular weight excluding hydrogens is 411 g/mol. The first-order valence-corrected chi connectivity index (χ1v) is 10.0. The van der Waals surface area contributed by atoms with Crippen LogP contribution in [0.2, 0.25) is 0 Å². The van der Waals surface area contributed by atoms with Crippen molar-refractivity contribution in [3.8, 4) is 28.5 Å². The molecule has 1 aromatic heterocycles. The van der Waals surface area contributed by atoms with Crippen LogP contribution >= 0.6 is 0 Å². The van der Waals surface area contributed by atoms with E-state index in [1.54, 1.807) is 33.5 Å². The number of hydrogen-bond acceptors (Lipinski definition) is 6. The summed E-state index contributed by atoms with van der Waals surface area (Å²) in [5.74, 6) is 1.47. The number of methoxy groups -OCH3 is 3. The van der Waals surface area contributed by atoms with E-state index in [2.05, 4.69) is 22.2 Å². The standard InChI is InChI=1S/C20H20N2O4Se/c1-12-5-7-13(8-6-12)15-11-27-20(21-15)18(22-23)14-9-16(24-2)19(26-4)17(10-14)25-3/h5-11,23H,1-4H3. The Balaban J connectivity index is 2.02. The van der Waals surface area contributed by atoms with Gasteiger partial charge in [-0.25, -0.2) is 0 Å². The molecule has 0 saturated heterocycles. The molecule has 0 atom stereocenters.